The van der Waals surface area contributed by atoms with E-state index in [1.54, 1.807) is 0 Å². The molecule has 0 aromatic carbocycles. The number of Topliss-reactive ketones (excluding diaryl/α,β-unsaturated/α-hetero) is 1. The van der Waals surface area contributed by atoms with Crippen LogP contribution in [0.1, 0.15) is 65.7 Å². The van der Waals surface area contributed by atoms with Crippen LogP contribution < -0.4 is 0 Å². The summed E-state index contributed by atoms with van der Waals surface area (Å²) < 4.78 is 0. The molecule has 0 amide bonds. The van der Waals surface area contributed by atoms with Gasteiger partial charge in [-0.3, -0.25) is 9.59 Å². The maximum atomic E-state index is 12.7. The second-order valence-corrected chi connectivity index (χ2v) is 9.34. The van der Waals surface area contributed by atoms with Gasteiger partial charge < -0.3 is 20.4 Å². The van der Waals surface area contributed by atoms with Gasteiger partial charge in [-0.15, -0.1) is 0 Å². The number of rotatable bonds is 11. The molecule has 0 spiro atoms. The van der Waals surface area contributed by atoms with E-state index in [0.29, 0.717) is 19.3 Å². The molecular weight excluding hydrogens is 384 g/mol. The Morgan fingerprint density at radius 2 is 1.93 bits per heavy atom. The molecule has 4 N–H and O–H groups in total. The summed E-state index contributed by atoms with van der Waals surface area (Å²) in [4.78, 5) is 23.4. The van der Waals surface area contributed by atoms with Gasteiger partial charge in [-0.2, -0.15) is 0 Å². The number of allylic oxidation sites excluding steroid dienone is 3. The van der Waals surface area contributed by atoms with Crippen molar-refractivity contribution in [1.29, 1.82) is 0 Å². The molecule has 170 valence electrons. The van der Waals surface area contributed by atoms with Gasteiger partial charge in [0, 0.05) is 12.3 Å². The fraction of sp³-hybridized carbons (Fsp3) is 0.750. The summed E-state index contributed by atoms with van der Waals surface area (Å²) in [5.74, 6) is -0.0661. The minimum atomic E-state index is -1.08. The quantitative estimate of drug-likeness (QED) is 0.407. The number of hydrogen-bond donors (Lipinski definition) is 4. The topological polar surface area (TPSA) is 115 Å². The van der Waals surface area contributed by atoms with Crippen LogP contribution in [0.25, 0.3) is 0 Å². The fourth-order valence-electron chi connectivity index (χ4n) is 5.07. The monoisotopic (exact) mass is 422 g/mol. The third-order valence-corrected chi connectivity index (χ3v) is 6.96. The van der Waals surface area contributed by atoms with Crippen LogP contribution in [0.2, 0.25) is 0 Å². The molecule has 0 heterocycles. The van der Waals surface area contributed by atoms with Crippen LogP contribution in [0.15, 0.2) is 23.8 Å². The molecule has 0 bridgehead atoms. The Bertz CT molecular complexity index is 654. The molecule has 30 heavy (non-hydrogen) atoms. The number of fused-ring (bicyclic) bond motifs is 1. The van der Waals surface area contributed by atoms with E-state index in [9.17, 15) is 24.9 Å². The van der Waals surface area contributed by atoms with Crippen molar-refractivity contribution in [2.45, 2.75) is 84.0 Å². The summed E-state index contributed by atoms with van der Waals surface area (Å²) in [5.41, 5.74) is 1.08. The molecule has 2 aliphatic carbocycles. The summed E-state index contributed by atoms with van der Waals surface area (Å²) in [6, 6.07) is 0. The molecule has 0 saturated heterocycles. The average Bonchev–Trinajstić information content (AvgIpc) is 2.65. The van der Waals surface area contributed by atoms with Gasteiger partial charge in [0.25, 0.3) is 0 Å². The second kappa shape index (κ2) is 11.2. The van der Waals surface area contributed by atoms with Crippen molar-refractivity contribution in [3.8, 4) is 0 Å². The predicted molar refractivity (Wildman–Crippen MR) is 115 cm³/mol. The molecule has 2 rings (SSSR count). The average molecular weight is 423 g/mol. The Morgan fingerprint density at radius 3 is 2.57 bits per heavy atom. The zero-order valence-electron chi connectivity index (χ0n) is 18.4. The Labute approximate surface area is 179 Å². The first-order chi connectivity index (χ1) is 14.1. The summed E-state index contributed by atoms with van der Waals surface area (Å²) in [6.45, 7) is 6.11. The number of carbonyl (C=O) groups excluding carboxylic acids is 1. The van der Waals surface area contributed by atoms with Gasteiger partial charge in [-0.25, -0.2) is 0 Å². The number of aliphatic carboxylic acids is 1. The molecule has 0 aliphatic heterocycles. The smallest absolute Gasteiger partial charge is 0.305 e. The van der Waals surface area contributed by atoms with E-state index in [-0.39, 0.29) is 48.2 Å². The molecule has 0 saturated carbocycles. The molecular formula is C24H38O6. The fourth-order valence-corrected chi connectivity index (χ4v) is 5.07. The number of carbonyl (C=O) groups is 2. The number of ketones is 1. The highest BCUT2D eigenvalue weighted by Crippen LogP contribution is 2.47. The van der Waals surface area contributed by atoms with Crippen LogP contribution in [0.3, 0.4) is 0 Å². The Hall–Kier alpha value is -1.50. The lowest BCUT2D eigenvalue weighted by Crippen LogP contribution is -2.38. The van der Waals surface area contributed by atoms with E-state index in [2.05, 4.69) is 19.1 Å². The molecule has 0 radical (unpaired) electrons. The van der Waals surface area contributed by atoms with Gasteiger partial charge in [-0.05, 0) is 61.3 Å². The van der Waals surface area contributed by atoms with Gasteiger partial charge in [0.15, 0.2) is 0 Å². The van der Waals surface area contributed by atoms with Gasteiger partial charge in [0.1, 0.15) is 5.78 Å². The van der Waals surface area contributed by atoms with Crippen molar-refractivity contribution in [2.75, 3.05) is 0 Å². The standard InChI is InChI=1S/C24H38O6/c1-4-14(2)22(28)11-17-10-19(26)9-16-6-5-15(3)21(24(16)17)8-7-18(25)12-20(27)13-23(29)30/h5-6,9,14-15,17-21,24-27H,4,7-8,10-13H2,1-3H3,(H,29,30)/t14-,15-,17+,18+,19+,20+,21-,24+/m0/s1. The number of carboxylic acid groups (broad SMARTS) is 1. The van der Waals surface area contributed by atoms with Crippen LogP contribution in [0.4, 0.5) is 0 Å². The van der Waals surface area contributed by atoms with Crippen LogP contribution >= 0.6 is 0 Å². The molecule has 0 aromatic rings. The SMILES string of the molecule is CC[C@H](C)C(=O)C[C@H]1C[C@H](O)C=C2C=C[C@H](C)[C@H](CC[C@@H](O)C[C@@H](O)CC(=O)O)[C@H]21. The highest BCUT2D eigenvalue weighted by Gasteiger charge is 2.40. The van der Waals surface area contributed by atoms with E-state index >= 15 is 0 Å². The van der Waals surface area contributed by atoms with Crippen LogP contribution in [0.5, 0.6) is 0 Å². The second-order valence-electron chi connectivity index (χ2n) is 9.34. The number of aliphatic hydroxyl groups is 3. The van der Waals surface area contributed by atoms with Crippen molar-refractivity contribution in [2.24, 2.45) is 29.6 Å². The van der Waals surface area contributed by atoms with Gasteiger partial charge in [0.05, 0.1) is 24.7 Å². The third-order valence-electron chi connectivity index (χ3n) is 6.96. The largest absolute Gasteiger partial charge is 0.481 e. The van der Waals surface area contributed by atoms with Gasteiger partial charge in [0.2, 0.25) is 0 Å². The van der Waals surface area contributed by atoms with E-state index in [4.69, 9.17) is 5.11 Å². The van der Waals surface area contributed by atoms with E-state index in [1.165, 1.54) is 0 Å². The Kier molecular flexibility index (Phi) is 9.26. The van der Waals surface area contributed by atoms with E-state index in [1.807, 2.05) is 19.9 Å². The summed E-state index contributed by atoms with van der Waals surface area (Å²) in [6.07, 6.45) is 6.46. The lowest BCUT2D eigenvalue weighted by molar-refractivity contribution is -0.139. The number of hydrogen-bond acceptors (Lipinski definition) is 5. The lowest BCUT2D eigenvalue weighted by Gasteiger charge is -2.43. The first-order valence-electron chi connectivity index (χ1n) is 11.3. The third kappa shape index (κ3) is 6.76. The normalized spacial score (nSPS) is 31.4. The van der Waals surface area contributed by atoms with E-state index in [0.717, 1.165) is 18.4 Å². The number of aliphatic hydroxyl groups excluding tert-OH is 3. The van der Waals surface area contributed by atoms with Crippen molar-refractivity contribution in [1.82, 2.24) is 0 Å². The predicted octanol–water partition coefficient (Wildman–Crippen LogP) is 3.10. The first kappa shape index (κ1) is 24.8. The molecule has 0 aromatic heterocycles. The first-order valence-corrected chi connectivity index (χ1v) is 11.3. The van der Waals surface area contributed by atoms with Crippen molar-refractivity contribution in [3.05, 3.63) is 23.8 Å². The van der Waals surface area contributed by atoms with Crippen LogP contribution in [-0.2, 0) is 9.59 Å². The summed E-state index contributed by atoms with van der Waals surface area (Å²) in [7, 11) is 0. The summed E-state index contributed by atoms with van der Waals surface area (Å²) >= 11 is 0. The maximum absolute atomic E-state index is 12.7. The van der Waals surface area contributed by atoms with Crippen molar-refractivity contribution < 1.29 is 30.0 Å². The molecule has 0 fully saturated rings. The highest BCUT2D eigenvalue weighted by atomic mass is 16.4. The maximum Gasteiger partial charge on any atom is 0.305 e. The molecule has 6 heteroatoms. The zero-order chi connectivity index (χ0) is 22.4. The molecule has 6 nitrogen and oxygen atoms in total. The van der Waals surface area contributed by atoms with E-state index < -0.39 is 24.3 Å². The molecule has 2 aliphatic rings. The zero-order valence-corrected chi connectivity index (χ0v) is 18.4. The highest BCUT2D eigenvalue weighted by molar-refractivity contribution is 5.81. The van der Waals surface area contributed by atoms with Crippen molar-refractivity contribution >= 4 is 11.8 Å². The minimum absolute atomic E-state index is 0.0176. The minimum Gasteiger partial charge on any atom is -0.481 e. The molecule has 0 unspecified atom stereocenters. The Balaban J connectivity index is 2.09. The van der Waals surface area contributed by atoms with Crippen LogP contribution in [0, 0.1) is 29.6 Å². The number of carboxylic acids is 1. The van der Waals surface area contributed by atoms with Gasteiger partial charge >= 0.3 is 5.97 Å². The lowest BCUT2D eigenvalue weighted by atomic mass is 9.62. The summed E-state index contributed by atoms with van der Waals surface area (Å²) in [5, 5.41) is 39.2. The Morgan fingerprint density at radius 1 is 1.23 bits per heavy atom. The molecule has 8 atom stereocenters. The van der Waals surface area contributed by atoms with Crippen molar-refractivity contribution in [3.63, 3.8) is 0 Å². The van der Waals surface area contributed by atoms with Gasteiger partial charge in [-0.1, -0.05) is 39.0 Å². The van der Waals surface area contributed by atoms with Crippen LogP contribution in [-0.4, -0.2) is 50.5 Å².